The predicted molar refractivity (Wildman–Crippen MR) is 108 cm³/mol. The van der Waals surface area contributed by atoms with Crippen molar-refractivity contribution in [1.82, 2.24) is 15.5 Å². The summed E-state index contributed by atoms with van der Waals surface area (Å²) in [4.78, 5) is 26.1. The van der Waals surface area contributed by atoms with Crippen molar-refractivity contribution in [2.24, 2.45) is 0 Å². The zero-order valence-corrected chi connectivity index (χ0v) is 17.3. The summed E-state index contributed by atoms with van der Waals surface area (Å²) in [6, 6.07) is 5.98. The molecule has 7 heteroatoms. The molecule has 2 N–H and O–H groups in total. The standard InChI is InChI=1S/C21H33N3O4/c1-4-27-12-5-10-22-20(25)9-7-17-6-8-19-18(14-17)15-24(11-13-28-19)21(26)23-16(2)3/h6,8,14,16H,4-5,7,9-13,15H2,1-3H3,(H,22,25)(H,23,26). The molecule has 1 aromatic rings. The summed E-state index contributed by atoms with van der Waals surface area (Å²) in [7, 11) is 0. The molecule has 0 aliphatic carbocycles. The van der Waals surface area contributed by atoms with Crippen LogP contribution in [0.25, 0.3) is 0 Å². The first-order valence-electron chi connectivity index (χ1n) is 10.1. The molecule has 0 saturated heterocycles. The number of ether oxygens (including phenoxy) is 2. The van der Waals surface area contributed by atoms with Gasteiger partial charge >= 0.3 is 6.03 Å². The van der Waals surface area contributed by atoms with Crippen LogP contribution < -0.4 is 15.4 Å². The van der Waals surface area contributed by atoms with Gasteiger partial charge in [0.15, 0.2) is 0 Å². The first-order valence-corrected chi connectivity index (χ1v) is 10.1. The van der Waals surface area contributed by atoms with Crippen molar-refractivity contribution in [3.63, 3.8) is 0 Å². The summed E-state index contributed by atoms with van der Waals surface area (Å²) >= 11 is 0. The zero-order valence-electron chi connectivity index (χ0n) is 17.3. The Bertz CT molecular complexity index is 649. The summed E-state index contributed by atoms with van der Waals surface area (Å²) < 4.78 is 11.0. The second-order valence-corrected chi connectivity index (χ2v) is 7.22. The van der Waals surface area contributed by atoms with E-state index >= 15 is 0 Å². The van der Waals surface area contributed by atoms with E-state index in [4.69, 9.17) is 9.47 Å². The van der Waals surface area contributed by atoms with Crippen LogP contribution in [-0.4, -0.2) is 55.8 Å². The Morgan fingerprint density at radius 1 is 1.32 bits per heavy atom. The fraction of sp³-hybridized carbons (Fsp3) is 0.619. The van der Waals surface area contributed by atoms with Crippen LogP contribution in [0, 0.1) is 0 Å². The van der Waals surface area contributed by atoms with Gasteiger partial charge in [0.25, 0.3) is 0 Å². The molecule has 0 fully saturated rings. The topological polar surface area (TPSA) is 79.9 Å². The quantitative estimate of drug-likeness (QED) is 0.634. The lowest BCUT2D eigenvalue weighted by molar-refractivity contribution is -0.121. The number of rotatable bonds is 9. The van der Waals surface area contributed by atoms with E-state index in [0.29, 0.717) is 52.3 Å². The van der Waals surface area contributed by atoms with E-state index in [1.165, 1.54) is 0 Å². The fourth-order valence-electron chi connectivity index (χ4n) is 3.01. The first kappa shape index (κ1) is 22.0. The number of hydrogen-bond donors (Lipinski definition) is 2. The molecule has 156 valence electrons. The van der Waals surface area contributed by atoms with Gasteiger partial charge in [-0.2, -0.15) is 0 Å². The molecule has 3 amide bonds. The average molecular weight is 392 g/mol. The summed E-state index contributed by atoms with van der Waals surface area (Å²) in [5, 5.41) is 5.85. The van der Waals surface area contributed by atoms with Crippen LogP contribution in [0.4, 0.5) is 4.79 Å². The molecule has 7 nitrogen and oxygen atoms in total. The Balaban J connectivity index is 1.87. The molecule has 0 aromatic heterocycles. The number of aryl methyl sites for hydroxylation is 1. The van der Waals surface area contributed by atoms with Gasteiger partial charge in [0, 0.05) is 37.8 Å². The lowest BCUT2D eigenvalue weighted by Crippen LogP contribution is -2.43. The van der Waals surface area contributed by atoms with Gasteiger partial charge in [-0.25, -0.2) is 4.79 Å². The lowest BCUT2D eigenvalue weighted by Gasteiger charge is -2.22. The monoisotopic (exact) mass is 391 g/mol. The normalized spacial score (nSPS) is 13.5. The molecule has 1 heterocycles. The highest BCUT2D eigenvalue weighted by Crippen LogP contribution is 2.25. The van der Waals surface area contributed by atoms with E-state index in [2.05, 4.69) is 10.6 Å². The van der Waals surface area contributed by atoms with E-state index < -0.39 is 0 Å². The molecule has 0 spiro atoms. The molecule has 0 bridgehead atoms. The molecule has 28 heavy (non-hydrogen) atoms. The summed E-state index contributed by atoms with van der Waals surface area (Å²) in [5.41, 5.74) is 2.05. The van der Waals surface area contributed by atoms with Gasteiger partial charge in [0.1, 0.15) is 12.4 Å². The Labute approximate surface area is 167 Å². The highest BCUT2D eigenvalue weighted by Gasteiger charge is 2.20. The smallest absolute Gasteiger partial charge is 0.318 e. The van der Waals surface area contributed by atoms with Gasteiger partial charge in [0.05, 0.1) is 13.1 Å². The second kappa shape index (κ2) is 11.5. The van der Waals surface area contributed by atoms with E-state index in [0.717, 1.165) is 23.3 Å². The third-order valence-corrected chi connectivity index (χ3v) is 4.44. The van der Waals surface area contributed by atoms with Crippen molar-refractivity contribution in [2.75, 3.05) is 32.9 Å². The van der Waals surface area contributed by atoms with Gasteiger partial charge in [0.2, 0.25) is 5.91 Å². The maximum atomic E-state index is 12.3. The minimum Gasteiger partial charge on any atom is -0.491 e. The summed E-state index contributed by atoms with van der Waals surface area (Å²) in [5.74, 6) is 0.851. The number of benzene rings is 1. The highest BCUT2D eigenvalue weighted by molar-refractivity contribution is 5.76. The molecule has 1 aliphatic heterocycles. The number of amides is 3. The molecular formula is C21H33N3O4. The summed E-state index contributed by atoms with van der Waals surface area (Å²) in [6.07, 6.45) is 1.92. The van der Waals surface area contributed by atoms with Crippen LogP contribution in [-0.2, 0) is 22.5 Å². The van der Waals surface area contributed by atoms with E-state index in [1.807, 2.05) is 39.0 Å². The molecule has 1 aliphatic rings. The van der Waals surface area contributed by atoms with Gasteiger partial charge in [-0.3, -0.25) is 4.79 Å². The van der Waals surface area contributed by atoms with Gasteiger partial charge in [-0.1, -0.05) is 12.1 Å². The van der Waals surface area contributed by atoms with E-state index in [9.17, 15) is 9.59 Å². The van der Waals surface area contributed by atoms with Crippen molar-refractivity contribution in [3.8, 4) is 5.75 Å². The largest absolute Gasteiger partial charge is 0.491 e. The van der Waals surface area contributed by atoms with Crippen LogP contribution in [0.5, 0.6) is 5.75 Å². The molecule has 0 radical (unpaired) electrons. The van der Waals surface area contributed by atoms with Crippen LogP contribution in [0.2, 0.25) is 0 Å². The summed E-state index contributed by atoms with van der Waals surface area (Å²) in [6.45, 7) is 9.38. The number of nitrogens with one attached hydrogen (secondary N) is 2. The number of hydrogen-bond acceptors (Lipinski definition) is 4. The molecule has 2 rings (SSSR count). The van der Waals surface area contributed by atoms with Crippen molar-refractivity contribution in [3.05, 3.63) is 29.3 Å². The highest BCUT2D eigenvalue weighted by atomic mass is 16.5. The zero-order chi connectivity index (χ0) is 20.4. The number of urea groups is 1. The van der Waals surface area contributed by atoms with Crippen LogP contribution in [0.15, 0.2) is 18.2 Å². The SMILES string of the molecule is CCOCCCNC(=O)CCc1ccc2c(c1)CN(C(=O)NC(C)C)CCO2. The van der Waals surface area contributed by atoms with Crippen molar-refractivity contribution in [2.45, 2.75) is 52.6 Å². The molecule has 1 aromatic carbocycles. The second-order valence-electron chi connectivity index (χ2n) is 7.22. The van der Waals surface area contributed by atoms with Crippen LogP contribution >= 0.6 is 0 Å². The number of fused-ring (bicyclic) bond motifs is 1. The minimum atomic E-state index is -0.0803. The lowest BCUT2D eigenvalue weighted by atomic mass is 10.0. The van der Waals surface area contributed by atoms with Gasteiger partial charge < -0.3 is 25.0 Å². The van der Waals surface area contributed by atoms with Crippen LogP contribution in [0.3, 0.4) is 0 Å². The van der Waals surface area contributed by atoms with Crippen molar-refractivity contribution < 1.29 is 19.1 Å². The predicted octanol–water partition coefficient (Wildman–Crippen LogP) is 2.47. The van der Waals surface area contributed by atoms with Crippen LogP contribution in [0.1, 0.15) is 44.7 Å². The maximum Gasteiger partial charge on any atom is 0.318 e. The number of nitrogens with zero attached hydrogens (tertiary/aromatic N) is 1. The Hall–Kier alpha value is -2.28. The third kappa shape index (κ3) is 7.38. The number of carbonyl (C=O) groups excluding carboxylic acids is 2. The van der Waals surface area contributed by atoms with Crippen molar-refractivity contribution >= 4 is 11.9 Å². The van der Waals surface area contributed by atoms with Gasteiger partial charge in [-0.05, 0) is 45.2 Å². The maximum absolute atomic E-state index is 12.3. The third-order valence-electron chi connectivity index (χ3n) is 4.44. The van der Waals surface area contributed by atoms with E-state index in [1.54, 1.807) is 4.90 Å². The van der Waals surface area contributed by atoms with Crippen molar-refractivity contribution in [1.29, 1.82) is 0 Å². The Morgan fingerprint density at radius 2 is 2.14 bits per heavy atom. The molecule has 0 atom stereocenters. The first-order chi connectivity index (χ1) is 13.5. The Kier molecular flexibility index (Phi) is 9.07. The fourth-order valence-corrected chi connectivity index (χ4v) is 3.01. The molecule has 0 saturated carbocycles. The van der Waals surface area contributed by atoms with Gasteiger partial charge in [-0.15, -0.1) is 0 Å². The number of carbonyl (C=O) groups is 2. The Morgan fingerprint density at radius 3 is 2.89 bits per heavy atom. The minimum absolute atomic E-state index is 0.0422. The molecular weight excluding hydrogens is 358 g/mol. The average Bonchev–Trinajstić information content (AvgIpc) is 2.87. The van der Waals surface area contributed by atoms with E-state index in [-0.39, 0.29) is 18.0 Å². The molecule has 0 unspecified atom stereocenters.